The van der Waals surface area contributed by atoms with Crippen LogP contribution in [0.5, 0.6) is 0 Å². The van der Waals surface area contributed by atoms with Crippen LogP contribution in [0.4, 0.5) is 0 Å². The Bertz CT molecular complexity index is 526. The molecule has 1 aliphatic carbocycles. The third kappa shape index (κ3) is 3.90. The Kier molecular flexibility index (Phi) is 5.77. The van der Waals surface area contributed by atoms with Crippen LogP contribution in [0.2, 0.25) is 0 Å². The number of nitrogens with zero attached hydrogens (tertiary/aromatic N) is 1. The predicted octanol–water partition coefficient (Wildman–Crippen LogP) is 1.96. The second kappa shape index (κ2) is 7.09. The summed E-state index contributed by atoms with van der Waals surface area (Å²) in [6, 6.07) is 0. The molecule has 6 heteroatoms. The molecule has 2 aliphatic rings. The highest BCUT2D eigenvalue weighted by atomic mass is 32.2. The van der Waals surface area contributed by atoms with Gasteiger partial charge in [-0.05, 0) is 37.1 Å². The molecule has 0 aromatic carbocycles. The fraction of sp³-hybridized carbons (Fsp3) is 0.941. The summed E-state index contributed by atoms with van der Waals surface area (Å²) in [7, 11) is -3.43. The molecule has 0 bridgehead atoms. The zero-order chi connectivity index (χ0) is 17.3. The molecular formula is C17H32N2O3S. The molecule has 23 heavy (non-hydrogen) atoms. The van der Waals surface area contributed by atoms with Gasteiger partial charge in [-0.25, -0.2) is 8.42 Å². The van der Waals surface area contributed by atoms with Crippen molar-refractivity contribution in [3.63, 3.8) is 0 Å². The van der Waals surface area contributed by atoms with Crippen LogP contribution >= 0.6 is 0 Å². The first-order chi connectivity index (χ1) is 10.7. The van der Waals surface area contributed by atoms with Crippen LogP contribution in [0.1, 0.15) is 59.3 Å². The first-order valence-corrected chi connectivity index (χ1v) is 10.5. The van der Waals surface area contributed by atoms with Crippen LogP contribution < -0.4 is 5.73 Å². The SMILES string of the molecule is CC(C)C(C(=O)N1CCC(C)(CN)C1)S(=O)(=O)C1CCCCC1. The molecule has 2 unspecified atom stereocenters. The summed E-state index contributed by atoms with van der Waals surface area (Å²) in [4.78, 5) is 14.7. The number of rotatable bonds is 5. The van der Waals surface area contributed by atoms with E-state index in [0.29, 0.717) is 32.5 Å². The van der Waals surface area contributed by atoms with Crippen LogP contribution in [0, 0.1) is 11.3 Å². The summed E-state index contributed by atoms with van der Waals surface area (Å²) in [5.41, 5.74) is 5.74. The fourth-order valence-electron chi connectivity index (χ4n) is 3.96. The number of hydrogen-bond donors (Lipinski definition) is 1. The van der Waals surface area contributed by atoms with Gasteiger partial charge in [-0.2, -0.15) is 0 Å². The van der Waals surface area contributed by atoms with Crippen molar-refractivity contribution in [2.45, 2.75) is 69.8 Å². The van der Waals surface area contributed by atoms with Crippen molar-refractivity contribution in [2.75, 3.05) is 19.6 Å². The molecule has 1 heterocycles. The minimum Gasteiger partial charge on any atom is -0.341 e. The average Bonchev–Trinajstić information content (AvgIpc) is 2.91. The quantitative estimate of drug-likeness (QED) is 0.826. The van der Waals surface area contributed by atoms with E-state index in [0.717, 1.165) is 25.7 Å². The molecule has 0 radical (unpaired) electrons. The highest BCUT2D eigenvalue weighted by Gasteiger charge is 2.45. The largest absolute Gasteiger partial charge is 0.341 e. The lowest BCUT2D eigenvalue weighted by Gasteiger charge is -2.31. The molecule has 1 saturated heterocycles. The minimum atomic E-state index is -3.43. The van der Waals surface area contributed by atoms with Gasteiger partial charge in [0.1, 0.15) is 5.25 Å². The summed E-state index contributed by atoms with van der Waals surface area (Å²) in [6.45, 7) is 7.49. The molecule has 2 N–H and O–H groups in total. The standard InChI is InChI=1S/C17H32N2O3S/c1-13(2)15(23(21,22)14-7-5-4-6-8-14)16(20)19-10-9-17(3,11-18)12-19/h13-15H,4-12,18H2,1-3H3. The van der Waals surface area contributed by atoms with Gasteiger partial charge >= 0.3 is 0 Å². The molecule has 1 saturated carbocycles. The molecule has 2 rings (SSSR count). The van der Waals surface area contributed by atoms with Gasteiger partial charge in [-0.3, -0.25) is 4.79 Å². The van der Waals surface area contributed by atoms with Crippen molar-refractivity contribution in [2.24, 2.45) is 17.1 Å². The Labute approximate surface area is 140 Å². The third-order valence-corrected chi connectivity index (χ3v) is 8.44. The van der Waals surface area contributed by atoms with E-state index in [4.69, 9.17) is 5.73 Å². The highest BCUT2D eigenvalue weighted by molar-refractivity contribution is 7.93. The number of carbonyl (C=O) groups excluding carboxylic acids is 1. The van der Waals surface area contributed by atoms with Crippen LogP contribution in [-0.4, -0.2) is 49.4 Å². The van der Waals surface area contributed by atoms with Gasteiger partial charge in [0.2, 0.25) is 5.91 Å². The summed E-state index contributed by atoms with van der Waals surface area (Å²) in [6.07, 6.45) is 5.28. The Morgan fingerprint density at radius 2 is 1.87 bits per heavy atom. The normalized spacial score (nSPS) is 28.3. The van der Waals surface area contributed by atoms with Crippen molar-refractivity contribution in [1.82, 2.24) is 4.90 Å². The van der Waals surface area contributed by atoms with E-state index in [1.165, 1.54) is 0 Å². The van der Waals surface area contributed by atoms with Gasteiger partial charge in [-0.15, -0.1) is 0 Å². The Morgan fingerprint density at radius 1 is 1.26 bits per heavy atom. The Balaban J connectivity index is 2.19. The lowest BCUT2D eigenvalue weighted by atomic mass is 9.90. The number of amides is 1. The van der Waals surface area contributed by atoms with Crippen LogP contribution in [-0.2, 0) is 14.6 Å². The fourth-order valence-corrected chi connectivity index (χ4v) is 6.56. The van der Waals surface area contributed by atoms with Gasteiger partial charge < -0.3 is 10.6 Å². The molecule has 134 valence electrons. The van der Waals surface area contributed by atoms with Gasteiger partial charge in [-0.1, -0.05) is 40.0 Å². The first kappa shape index (κ1) is 18.7. The molecule has 2 fully saturated rings. The zero-order valence-electron chi connectivity index (χ0n) is 14.8. The van der Waals surface area contributed by atoms with Crippen molar-refractivity contribution in [3.8, 4) is 0 Å². The number of likely N-dealkylation sites (tertiary alicyclic amines) is 1. The summed E-state index contributed by atoms with van der Waals surface area (Å²) in [5, 5.41) is -1.23. The number of nitrogens with two attached hydrogens (primary N) is 1. The van der Waals surface area contributed by atoms with Crippen LogP contribution in [0.3, 0.4) is 0 Å². The van der Waals surface area contributed by atoms with E-state index >= 15 is 0 Å². The summed E-state index contributed by atoms with van der Waals surface area (Å²) < 4.78 is 26.2. The van der Waals surface area contributed by atoms with E-state index in [-0.39, 0.29) is 22.5 Å². The second-order valence-electron chi connectivity index (χ2n) is 8.04. The predicted molar refractivity (Wildman–Crippen MR) is 92.8 cm³/mol. The molecule has 0 aromatic heterocycles. The lowest BCUT2D eigenvalue weighted by molar-refractivity contribution is -0.130. The van der Waals surface area contributed by atoms with Crippen molar-refractivity contribution in [3.05, 3.63) is 0 Å². The molecule has 1 amide bonds. The average molecular weight is 345 g/mol. The van der Waals surface area contributed by atoms with Gasteiger partial charge in [0.15, 0.2) is 9.84 Å². The van der Waals surface area contributed by atoms with E-state index in [2.05, 4.69) is 6.92 Å². The molecular weight excluding hydrogens is 312 g/mol. The Morgan fingerprint density at radius 3 is 2.35 bits per heavy atom. The third-order valence-electron chi connectivity index (χ3n) is 5.58. The number of carbonyl (C=O) groups is 1. The summed E-state index contributed by atoms with van der Waals surface area (Å²) in [5.74, 6) is -0.401. The van der Waals surface area contributed by atoms with Gasteiger partial charge in [0, 0.05) is 13.1 Å². The monoisotopic (exact) mass is 344 g/mol. The maximum atomic E-state index is 13.1. The van der Waals surface area contributed by atoms with Crippen molar-refractivity contribution < 1.29 is 13.2 Å². The lowest BCUT2D eigenvalue weighted by Crippen LogP contribution is -2.49. The van der Waals surface area contributed by atoms with Crippen LogP contribution in [0.25, 0.3) is 0 Å². The van der Waals surface area contributed by atoms with Crippen molar-refractivity contribution in [1.29, 1.82) is 0 Å². The maximum Gasteiger partial charge on any atom is 0.241 e. The van der Waals surface area contributed by atoms with E-state index in [9.17, 15) is 13.2 Å². The van der Waals surface area contributed by atoms with Crippen molar-refractivity contribution >= 4 is 15.7 Å². The molecule has 0 spiro atoms. The topological polar surface area (TPSA) is 80.5 Å². The minimum absolute atomic E-state index is 0.0776. The number of hydrogen-bond acceptors (Lipinski definition) is 4. The zero-order valence-corrected chi connectivity index (χ0v) is 15.6. The second-order valence-corrected chi connectivity index (χ2v) is 10.4. The number of sulfone groups is 1. The summed E-state index contributed by atoms with van der Waals surface area (Å²) >= 11 is 0. The van der Waals surface area contributed by atoms with Gasteiger partial charge in [0.25, 0.3) is 0 Å². The molecule has 1 aliphatic heterocycles. The first-order valence-electron chi connectivity index (χ1n) is 8.93. The molecule has 0 aromatic rings. The van der Waals surface area contributed by atoms with Gasteiger partial charge in [0.05, 0.1) is 5.25 Å². The highest BCUT2D eigenvalue weighted by Crippen LogP contribution is 2.33. The smallest absolute Gasteiger partial charge is 0.241 e. The van der Waals surface area contributed by atoms with Crippen LogP contribution in [0.15, 0.2) is 0 Å². The van der Waals surface area contributed by atoms with E-state index < -0.39 is 15.1 Å². The molecule has 5 nitrogen and oxygen atoms in total. The van der Waals surface area contributed by atoms with E-state index in [1.807, 2.05) is 13.8 Å². The maximum absolute atomic E-state index is 13.1. The Hall–Kier alpha value is -0.620. The van der Waals surface area contributed by atoms with E-state index in [1.54, 1.807) is 4.90 Å². The molecule has 2 atom stereocenters.